The SMILES string of the molecule is CCn1ncc(OC)c1C(N)Cc1ccc(Cl)cc1. The number of hydrogen-bond donors (Lipinski definition) is 1. The van der Waals surface area contributed by atoms with Crippen molar-refractivity contribution in [3.8, 4) is 5.75 Å². The second kappa shape index (κ2) is 6.08. The van der Waals surface area contributed by atoms with Crippen LogP contribution in [0.2, 0.25) is 5.02 Å². The number of aromatic nitrogens is 2. The van der Waals surface area contributed by atoms with Crippen LogP contribution in [0.25, 0.3) is 0 Å². The van der Waals surface area contributed by atoms with Gasteiger partial charge in [-0.15, -0.1) is 0 Å². The van der Waals surface area contributed by atoms with Crippen LogP contribution in [0.15, 0.2) is 30.5 Å². The number of halogens is 1. The van der Waals surface area contributed by atoms with E-state index in [1.165, 1.54) is 0 Å². The molecule has 0 radical (unpaired) electrons. The summed E-state index contributed by atoms with van der Waals surface area (Å²) in [5.41, 5.74) is 8.36. The Balaban J connectivity index is 2.21. The quantitative estimate of drug-likeness (QED) is 0.916. The van der Waals surface area contributed by atoms with E-state index in [1.807, 2.05) is 35.9 Å². The Morgan fingerprint density at radius 3 is 2.63 bits per heavy atom. The van der Waals surface area contributed by atoms with Gasteiger partial charge in [0.1, 0.15) is 0 Å². The first-order valence-corrected chi connectivity index (χ1v) is 6.63. The van der Waals surface area contributed by atoms with Crippen LogP contribution in [0, 0.1) is 0 Å². The average Bonchev–Trinajstić information content (AvgIpc) is 2.84. The summed E-state index contributed by atoms with van der Waals surface area (Å²) < 4.78 is 7.20. The van der Waals surface area contributed by atoms with Gasteiger partial charge in [-0.05, 0) is 31.0 Å². The maximum absolute atomic E-state index is 6.29. The molecule has 0 bridgehead atoms. The van der Waals surface area contributed by atoms with Crippen LogP contribution in [0.1, 0.15) is 24.2 Å². The largest absolute Gasteiger partial charge is 0.493 e. The molecular formula is C14H18ClN3O. The van der Waals surface area contributed by atoms with E-state index >= 15 is 0 Å². The van der Waals surface area contributed by atoms with E-state index in [9.17, 15) is 0 Å². The Labute approximate surface area is 118 Å². The van der Waals surface area contributed by atoms with E-state index in [-0.39, 0.29) is 6.04 Å². The summed E-state index contributed by atoms with van der Waals surface area (Å²) >= 11 is 5.88. The lowest BCUT2D eigenvalue weighted by Crippen LogP contribution is -2.19. The predicted molar refractivity (Wildman–Crippen MR) is 76.5 cm³/mol. The molecular weight excluding hydrogens is 262 g/mol. The Bertz CT molecular complexity index is 515. The second-order valence-corrected chi connectivity index (χ2v) is 4.79. The van der Waals surface area contributed by atoms with Gasteiger partial charge in [-0.2, -0.15) is 5.10 Å². The van der Waals surface area contributed by atoms with E-state index < -0.39 is 0 Å². The van der Waals surface area contributed by atoms with Gasteiger partial charge < -0.3 is 10.5 Å². The monoisotopic (exact) mass is 279 g/mol. The van der Waals surface area contributed by atoms with Crippen LogP contribution in [0.5, 0.6) is 5.75 Å². The van der Waals surface area contributed by atoms with Gasteiger partial charge in [0.25, 0.3) is 0 Å². The first-order chi connectivity index (χ1) is 9.15. The minimum absolute atomic E-state index is 0.154. The zero-order valence-electron chi connectivity index (χ0n) is 11.1. The first-order valence-electron chi connectivity index (χ1n) is 6.25. The smallest absolute Gasteiger partial charge is 0.161 e. The third-order valence-corrected chi connectivity index (χ3v) is 3.34. The van der Waals surface area contributed by atoms with Gasteiger partial charge in [0.15, 0.2) is 5.75 Å². The van der Waals surface area contributed by atoms with Gasteiger partial charge in [-0.3, -0.25) is 4.68 Å². The van der Waals surface area contributed by atoms with E-state index in [1.54, 1.807) is 13.3 Å². The van der Waals surface area contributed by atoms with Crippen LogP contribution in [0.3, 0.4) is 0 Å². The van der Waals surface area contributed by atoms with Crippen LogP contribution in [0.4, 0.5) is 0 Å². The molecule has 1 aromatic carbocycles. The number of nitrogens with two attached hydrogens (primary N) is 1. The normalized spacial score (nSPS) is 12.4. The lowest BCUT2D eigenvalue weighted by Gasteiger charge is -2.15. The maximum Gasteiger partial charge on any atom is 0.161 e. The van der Waals surface area contributed by atoms with Crippen molar-refractivity contribution < 1.29 is 4.74 Å². The van der Waals surface area contributed by atoms with Crippen molar-refractivity contribution in [1.29, 1.82) is 0 Å². The second-order valence-electron chi connectivity index (χ2n) is 4.35. The third kappa shape index (κ3) is 3.08. The molecule has 1 aromatic heterocycles. The molecule has 2 rings (SSSR count). The Morgan fingerprint density at radius 2 is 2.05 bits per heavy atom. The molecule has 2 N–H and O–H groups in total. The highest BCUT2D eigenvalue weighted by atomic mass is 35.5. The summed E-state index contributed by atoms with van der Waals surface area (Å²) in [6.45, 7) is 2.80. The molecule has 5 heteroatoms. The molecule has 1 heterocycles. The molecule has 0 amide bonds. The Hall–Kier alpha value is -1.52. The first kappa shape index (κ1) is 13.9. The van der Waals surface area contributed by atoms with E-state index in [0.29, 0.717) is 0 Å². The van der Waals surface area contributed by atoms with Crippen molar-refractivity contribution in [3.05, 3.63) is 46.7 Å². The molecule has 0 spiro atoms. The zero-order valence-corrected chi connectivity index (χ0v) is 11.9. The fraction of sp³-hybridized carbons (Fsp3) is 0.357. The van der Waals surface area contributed by atoms with Crippen molar-refractivity contribution in [1.82, 2.24) is 9.78 Å². The number of ether oxygens (including phenoxy) is 1. The highest BCUT2D eigenvalue weighted by Crippen LogP contribution is 2.26. The van der Waals surface area contributed by atoms with Crippen LogP contribution in [-0.2, 0) is 13.0 Å². The molecule has 0 fully saturated rings. The maximum atomic E-state index is 6.29. The molecule has 0 saturated heterocycles. The van der Waals surface area contributed by atoms with Crippen LogP contribution < -0.4 is 10.5 Å². The zero-order chi connectivity index (χ0) is 13.8. The summed E-state index contributed by atoms with van der Waals surface area (Å²) in [4.78, 5) is 0. The van der Waals surface area contributed by atoms with Crippen molar-refractivity contribution in [2.45, 2.75) is 25.9 Å². The topological polar surface area (TPSA) is 53.1 Å². The van der Waals surface area contributed by atoms with Gasteiger partial charge in [-0.1, -0.05) is 23.7 Å². The average molecular weight is 280 g/mol. The van der Waals surface area contributed by atoms with Crippen molar-refractivity contribution in [2.24, 2.45) is 5.73 Å². The third-order valence-electron chi connectivity index (χ3n) is 3.08. The fourth-order valence-electron chi connectivity index (χ4n) is 2.13. The van der Waals surface area contributed by atoms with Crippen LogP contribution in [-0.4, -0.2) is 16.9 Å². The number of nitrogens with zero attached hydrogens (tertiary/aromatic N) is 2. The molecule has 4 nitrogen and oxygen atoms in total. The van der Waals surface area contributed by atoms with Crippen molar-refractivity contribution in [3.63, 3.8) is 0 Å². The molecule has 19 heavy (non-hydrogen) atoms. The summed E-state index contributed by atoms with van der Waals surface area (Å²) in [6, 6.07) is 7.57. The summed E-state index contributed by atoms with van der Waals surface area (Å²) in [6.07, 6.45) is 2.43. The van der Waals surface area contributed by atoms with Gasteiger partial charge in [0, 0.05) is 11.6 Å². The van der Waals surface area contributed by atoms with Gasteiger partial charge in [0.2, 0.25) is 0 Å². The minimum atomic E-state index is -0.154. The molecule has 1 atom stereocenters. The standard InChI is InChI=1S/C14H18ClN3O/c1-3-18-14(13(19-2)9-17-18)12(16)8-10-4-6-11(15)7-5-10/h4-7,9,12H,3,8,16H2,1-2H3. The molecule has 1 unspecified atom stereocenters. The van der Waals surface area contributed by atoms with Gasteiger partial charge in [-0.25, -0.2) is 0 Å². The lowest BCUT2D eigenvalue weighted by molar-refractivity contribution is 0.401. The highest BCUT2D eigenvalue weighted by Gasteiger charge is 2.18. The van der Waals surface area contributed by atoms with Gasteiger partial charge >= 0.3 is 0 Å². The molecule has 2 aromatic rings. The Kier molecular flexibility index (Phi) is 4.45. The number of methoxy groups -OCH3 is 1. The van der Waals surface area contributed by atoms with Gasteiger partial charge in [0.05, 0.1) is 25.0 Å². The van der Waals surface area contributed by atoms with E-state index in [4.69, 9.17) is 22.1 Å². The molecule has 0 aliphatic heterocycles. The number of aryl methyl sites for hydroxylation is 1. The van der Waals surface area contributed by atoms with Crippen LogP contribution >= 0.6 is 11.6 Å². The van der Waals surface area contributed by atoms with Crippen molar-refractivity contribution >= 4 is 11.6 Å². The molecule has 0 aliphatic carbocycles. The summed E-state index contributed by atoms with van der Waals surface area (Å²) in [7, 11) is 1.63. The minimum Gasteiger partial charge on any atom is -0.493 e. The number of rotatable bonds is 5. The summed E-state index contributed by atoms with van der Waals surface area (Å²) in [5, 5.41) is 5.00. The van der Waals surface area contributed by atoms with Crippen molar-refractivity contribution in [2.75, 3.05) is 7.11 Å². The molecule has 0 aliphatic rings. The predicted octanol–water partition coefficient (Wildman–Crippen LogP) is 2.81. The molecule has 0 saturated carbocycles. The number of hydrogen-bond acceptors (Lipinski definition) is 3. The number of benzene rings is 1. The fourth-order valence-corrected chi connectivity index (χ4v) is 2.26. The lowest BCUT2D eigenvalue weighted by atomic mass is 10.0. The summed E-state index contributed by atoms with van der Waals surface area (Å²) in [5.74, 6) is 0.739. The molecule has 102 valence electrons. The Morgan fingerprint density at radius 1 is 1.37 bits per heavy atom. The highest BCUT2D eigenvalue weighted by molar-refractivity contribution is 6.30. The van der Waals surface area contributed by atoms with E-state index in [0.717, 1.165) is 35.0 Å². The van der Waals surface area contributed by atoms with E-state index in [2.05, 4.69) is 5.10 Å².